The highest BCUT2D eigenvalue weighted by Gasteiger charge is 2.11. The molecule has 0 atom stereocenters. The maximum absolute atomic E-state index is 5.22. The monoisotopic (exact) mass is 308 g/mol. The quantitative estimate of drug-likeness (QED) is 0.797. The van der Waals surface area contributed by atoms with E-state index >= 15 is 0 Å². The number of hydrogen-bond acceptors (Lipinski definition) is 2. The third kappa shape index (κ3) is 2.17. The summed E-state index contributed by atoms with van der Waals surface area (Å²) in [4.78, 5) is 0. The van der Waals surface area contributed by atoms with Crippen LogP contribution in [0.3, 0.4) is 0 Å². The predicted octanol–water partition coefficient (Wildman–Crippen LogP) is 3.36. The van der Waals surface area contributed by atoms with Gasteiger partial charge >= 0.3 is 0 Å². The molecule has 72 valence electrons. The highest BCUT2D eigenvalue weighted by atomic mass is 79.9. The Hall–Kier alpha value is -0.220. The van der Waals surface area contributed by atoms with Crippen molar-refractivity contribution in [1.82, 2.24) is 0 Å². The number of rotatable bonds is 3. The molecule has 1 aromatic carbocycles. The highest BCUT2D eigenvalue weighted by Crippen LogP contribution is 2.38. The van der Waals surface area contributed by atoms with Crippen LogP contribution in [-0.2, 0) is 5.33 Å². The third-order valence-electron chi connectivity index (χ3n) is 1.71. The Bertz CT molecular complexity index is 300. The zero-order valence-electron chi connectivity index (χ0n) is 7.43. The maximum atomic E-state index is 5.22. The molecule has 0 aliphatic carbocycles. The lowest BCUT2D eigenvalue weighted by Crippen LogP contribution is -1.93. The summed E-state index contributed by atoms with van der Waals surface area (Å²) >= 11 is 6.85. The van der Waals surface area contributed by atoms with Crippen LogP contribution in [0.15, 0.2) is 16.6 Å². The fraction of sp³-hybridized carbons (Fsp3) is 0.333. The minimum Gasteiger partial charge on any atom is -0.493 e. The molecule has 1 aromatic rings. The van der Waals surface area contributed by atoms with Gasteiger partial charge in [0.15, 0.2) is 11.5 Å². The zero-order valence-corrected chi connectivity index (χ0v) is 10.6. The molecule has 0 fully saturated rings. The van der Waals surface area contributed by atoms with Crippen LogP contribution in [0.1, 0.15) is 5.56 Å². The van der Waals surface area contributed by atoms with Crippen molar-refractivity contribution in [2.75, 3.05) is 14.2 Å². The SMILES string of the molecule is COc1ccc(CBr)c(Br)c1OC. The Labute approximate surface area is 94.5 Å². The fourth-order valence-corrected chi connectivity index (χ4v) is 2.51. The highest BCUT2D eigenvalue weighted by molar-refractivity contribution is 9.11. The van der Waals surface area contributed by atoms with Crippen LogP contribution < -0.4 is 9.47 Å². The second kappa shape index (κ2) is 4.86. The van der Waals surface area contributed by atoms with Gasteiger partial charge < -0.3 is 9.47 Å². The predicted molar refractivity (Wildman–Crippen MR) is 59.9 cm³/mol. The molecule has 2 nitrogen and oxygen atoms in total. The molecule has 1 rings (SSSR count). The largest absolute Gasteiger partial charge is 0.493 e. The first-order valence-corrected chi connectivity index (χ1v) is 5.61. The molecule has 0 bridgehead atoms. The van der Waals surface area contributed by atoms with Crippen molar-refractivity contribution in [3.05, 3.63) is 22.2 Å². The Morgan fingerprint density at radius 3 is 2.38 bits per heavy atom. The first-order chi connectivity index (χ1) is 6.24. The van der Waals surface area contributed by atoms with Gasteiger partial charge in [0.25, 0.3) is 0 Å². The van der Waals surface area contributed by atoms with Crippen molar-refractivity contribution in [3.8, 4) is 11.5 Å². The molecule has 0 heterocycles. The lowest BCUT2D eigenvalue weighted by Gasteiger charge is -2.11. The molecular weight excluding hydrogens is 300 g/mol. The number of alkyl halides is 1. The van der Waals surface area contributed by atoms with Gasteiger partial charge in [-0.15, -0.1) is 0 Å². The fourth-order valence-electron chi connectivity index (χ4n) is 1.03. The van der Waals surface area contributed by atoms with E-state index in [-0.39, 0.29) is 0 Å². The summed E-state index contributed by atoms with van der Waals surface area (Å²) in [6.45, 7) is 0. The lowest BCUT2D eigenvalue weighted by atomic mass is 10.2. The molecule has 0 aliphatic heterocycles. The molecule has 0 N–H and O–H groups in total. The molecule has 13 heavy (non-hydrogen) atoms. The van der Waals surface area contributed by atoms with Gasteiger partial charge in [-0.2, -0.15) is 0 Å². The topological polar surface area (TPSA) is 18.5 Å². The minimum atomic E-state index is 0.735. The first-order valence-electron chi connectivity index (χ1n) is 3.70. The standard InChI is InChI=1S/C9H10Br2O2/c1-12-7-4-3-6(5-10)8(11)9(7)13-2/h3-4H,5H2,1-2H3. The van der Waals surface area contributed by atoms with Crippen LogP contribution in [0, 0.1) is 0 Å². The van der Waals surface area contributed by atoms with E-state index in [2.05, 4.69) is 31.9 Å². The molecule has 0 spiro atoms. The molecule has 0 aromatic heterocycles. The summed E-state index contributed by atoms with van der Waals surface area (Å²) in [5, 5.41) is 0.786. The molecule has 0 saturated heterocycles. The van der Waals surface area contributed by atoms with Crippen molar-refractivity contribution in [2.45, 2.75) is 5.33 Å². The Morgan fingerprint density at radius 2 is 1.92 bits per heavy atom. The van der Waals surface area contributed by atoms with Crippen molar-refractivity contribution < 1.29 is 9.47 Å². The third-order valence-corrected chi connectivity index (χ3v) is 3.18. The van der Waals surface area contributed by atoms with Gasteiger partial charge in [0.1, 0.15) is 0 Å². The van der Waals surface area contributed by atoms with E-state index in [0.29, 0.717) is 0 Å². The average molecular weight is 310 g/mol. The summed E-state index contributed by atoms with van der Waals surface area (Å²) in [7, 11) is 3.25. The van der Waals surface area contributed by atoms with Gasteiger partial charge in [-0.25, -0.2) is 0 Å². The van der Waals surface area contributed by atoms with Crippen LogP contribution >= 0.6 is 31.9 Å². The number of hydrogen-bond donors (Lipinski definition) is 0. The van der Waals surface area contributed by atoms with Crippen LogP contribution in [0.4, 0.5) is 0 Å². The van der Waals surface area contributed by atoms with Gasteiger partial charge in [-0.05, 0) is 27.6 Å². The van der Waals surface area contributed by atoms with Crippen molar-refractivity contribution >= 4 is 31.9 Å². The van der Waals surface area contributed by atoms with Gasteiger partial charge in [-0.1, -0.05) is 22.0 Å². The second-order valence-electron chi connectivity index (χ2n) is 2.41. The first kappa shape index (κ1) is 10.9. The summed E-state index contributed by atoms with van der Waals surface area (Å²) in [5.74, 6) is 1.47. The summed E-state index contributed by atoms with van der Waals surface area (Å²) in [6, 6.07) is 3.88. The molecule has 0 amide bonds. The van der Waals surface area contributed by atoms with Crippen molar-refractivity contribution in [1.29, 1.82) is 0 Å². The van der Waals surface area contributed by atoms with Crippen LogP contribution in [-0.4, -0.2) is 14.2 Å². The summed E-state index contributed by atoms with van der Waals surface area (Å²) < 4.78 is 11.3. The maximum Gasteiger partial charge on any atom is 0.175 e. The molecule has 0 aliphatic rings. The Balaban J connectivity index is 3.23. The van der Waals surface area contributed by atoms with Gasteiger partial charge in [-0.3, -0.25) is 0 Å². The molecular formula is C9H10Br2O2. The minimum absolute atomic E-state index is 0.735. The van der Waals surface area contributed by atoms with E-state index in [4.69, 9.17) is 9.47 Å². The molecule has 0 radical (unpaired) electrons. The van der Waals surface area contributed by atoms with E-state index in [1.165, 1.54) is 0 Å². The number of methoxy groups -OCH3 is 2. The van der Waals surface area contributed by atoms with Crippen LogP contribution in [0.5, 0.6) is 11.5 Å². The van der Waals surface area contributed by atoms with Crippen molar-refractivity contribution in [3.63, 3.8) is 0 Å². The Morgan fingerprint density at radius 1 is 1.23 bits per heavy atom. The normalized spacial score (nSPS) is 9.85. The smallest absolute Gasteiger partial charge is 0.175 e. The van der Waals surface area contributed by atoms with Crippen molar-refractivity contribution in [2.24, 2.45) is 0 Å². The van der Waals surface area contributed by atoms with E-state index in [0.717, 1.165) is 26.9 Å². The van der Waals surface area contributed by atoms with Gasteiger partial charge in [0.05, 0.1) is 18.7 Å². The van der Waals surface area contributed by atoms with Gasteiger partial charge in [0.2, 0.25) is 0 Å². The molecule has 0 saturated carbocycles. The van der Waals surface area contributed by atoms with Crippen LogP contribution in [0.25, 0.3) is 0 Å². The molecule has 0 unspecified atom stereocenters. The number of benzene rings is 1. The van der Waals surface area contributed by atoms with Gasteiger partial charge in [0, 0.05) is 5.33 Å². The second-order valence-corrected chi connectivity index (χ2v) is 3.76. The molecule has 4 heteroatoms. The zero-order chi connectivity index (χ0) is 9.84. The Kier molecular flexibility index (Phi) is 4.06. The average Bonchev–Trinajstić information content (AvgIpc) is 2.17. The van der Waals surface area contributed by atoms with E-state index < -0.39 is 0 Å². The van der Waals surface area contributed by atoms with Crippen LogP contribution in [0.2, 0.25) is 0 Å². The van der Waals surface area contributed by atoms with E-state index in [1.54, 1.807) is 14.2 Å². The lowest BCUT2D eigenvalue weighted by molar-refractivity contribution is 0.353. The number of halogens is 2. The van der Waals surface area contributed by atoms with E-state index in [1.807, 2.05) is 12.1 Å². The van der Waals surface area contributed by atoms with E-state index in [9.17, 15) is 0 Å². The number of ether oxygens (including phenoxy) is 2. The summed E-state index contributed by atoms with van der Waals surface area (Å²) in [5.41, 5.74) is 1.14. The summed E-state index contributed by atoms with van der Waals surface area (Å²) in [6.07, 6.45) is 0.